The van der Waals surface area contributed by atoms with E-state index in [1.165, 1.54) is 19.3 Å². The third-order valence-electron chi connectivity index (χ3n) is 1.55. The van der Waals surface area contributed by atoms with Gasteiger partial charge in [0.15, 0.2) is 0 Å². The first kappa shape index (κ1) is 10.4. The zero-order valence-electron chi connectivity index (χ0n) is 7.13. The third-order valence-corrected chi connectivity index (χ3v) is 1.55. The van der Waals surface area contributed by atoms with Gasteiger partial charge in [-0.15, -0.1) is 6.58 Å². The zero-order chi connectivity index (χ0) is 8.36. The molecule has 0 aliphatic heterocycles. The molecule has 0 aromatic rings. The molecule has 0 aromatic carbocycles. The van der Waals surface area contributed by atoms with Gasteiger partial charge in [-0.3, -0.25) is 0 Å². The molecule has 0 aliphatic carbocycles. The second kappa shape index (κ2) is 9.44. The van der Waals surface area contributed by atoms with Crippen molar-refractivity contribution in [3.8, 4) is 0 Å². The predicted molar refractivity (Wildman–Crippen MR) is 49.5 cm³/mol. The van der Waals surface area contributed by atoms with Crippen LogP contribution in [0.15, 0.2) is 24.8 Å². The van der Waals surface area contributed by atoms with E-state index in [-0.39, 0.29) is 6.61 Å². The van der Waals surface area contributed by atoms with E-state index in [2.05, 4.69) is 6.58 Å². The highest BCUT2D eigenvalue weighted by Gasteiger charge is 1.84. The lowest BCUT2D eigenvalue weighted by atomic mass is 10.1. The van der Waals surface area contributed by atoms with Gasteiger partial charge in [-0.1, -0.05) is 24.6 Å². The number of aliphatic hydroxyl groups excluding tert-OH is 1. The molecule has 0 spiro atoms. The Morgan fingerprint density at radius 3 is 2.36 bits per heavy atom. The molecular weight excluding hydrogens is 136 g/mol. The molecule has 0 saturated heterocycles. The van der Waals surface area contributed by atoms with Crippen LogP contribution in [0.5, 0.6) is 0 Å². The van der Waals surface area contributed by atoms with Gasteiger partial charge in [0.25, 0.3) is 0 Å². The molecule has 0 heterocycles. The Morgan fingerprint density at radius 1 is 1.00 bits per heavy atom. The van der Waals surface area contributed by atoms with Crippen molar-refractivity contribution in [2.45, 2.75) is 32.1 Å². The Bertz CT molecular complexity index is 105. The van der Waals surface area contributed by atoms with Gasteiger partial charge in [-0.25, -0.2) is 0 Å². The summed E-state index contributed by atoms with van der Waals surface area (Å²) in [7, 11) is 0. The monoisotopic (exact) mass is 154 g/mol. The Balaban J connectivity index is 2.90. The third kappa shape index (κ3) is 9.44. The van der Waals surface area contributed by atoms with Gasteiger partial charge in [0.05, 0.1) is 6.61 Å². The van der Waals surface area contributed by atoms with Crippen molar-refractivity contribution in [2.24, 2.45) is 0 Å². The van der Waals surface area contributed by atoms with Crippen LogP contribution in [-0.4, -0.2) is 11.7 Å². The summed E-state index contributed by atoms with van der Waals surface area (Å²) < 4.78 is 0. The van der Waals surface area contributed by atoms with Crippen molar-refractivity contribution in [1.29, 1.82) is 0 Å². The van der Waals surface area contributed by atoms with E-state index in [4.69, 9.17) is 5.11 Å². The van der Waals surface area contributed by atoms with Gasteiger partial charge in [-0.2, -0.15) is 0 Å². The summed E-state index contributed by atoms with van der Waals surface area (Å²) in [5, 5.41) is 8.41. The number of hydrogen-bond donors (Lipinski definition) is 1. The number of aliphatic hydroxyl groups is 1. The Morgan fingerprint density at radius 2 is 1.73 bits per heavy atom. The van der Waals surface area contributed by atoms with Crippen LogP contribution in [0, 0.1) is 0 Å². The highest BCUT2D eigenvalue weighted by molar-refractivity contribution is 4.80. The second-order valence-corrected chi connectivity index (χ2v) is 2.58. The van der Waals surface area contributed by atoms with Gasteiger partial charge < -0.3 is 5.11 Å². The van der Waals surface area contributed by atoms with Crippen LogP contribution in [0.2, 0.25) is 0 Å². The number of unbranched alkanes of at least 4 members (excludes halogenated alkanes) is 4. The summed E-state index contributed by atoms with van der Waals surface area (Å²) in [5.41, 5.74) is 0. The Labute approximate surface area is 69.4 Å². The van der Waals surface area contributed by atoms with Crippen LogP contribution < -0.4 is 0 Å². The molecule has 0 bridgehead atoms. The lowest BCUT2D eigenvalue weighted by molar-refractivity contribution is 0.342. The lowest BCUT2D eigenvalue weighted by Crippen LogP contribution is -1.75. The predicted octanol–water partition coefficient (Wildman–Crippen LogP) is 2.67. The fourth-order valence-electron chi connectivity index (χ4n) is 0.920. The fraction of sp³-hybridized carbons (Fsp3) is 0.600. The number of allylic oxidation sites excluding steroid dienone is 2. The summed E-state index contributed by atoms with van der Waals surface area (Å²) in [4.78, 5) is 0. The van der Waals surface area contributed by atoms with Crippen LogP contribution in [0.3, 0.4) is 0 Å². The minimum atomic E-state index is 0.173. The maximum atomic E-state index is 8.41. The largest absolute Gasteiger partial charge is 0.392 e. The molecule has 1 N–H and O–H groups in total. The van der Waals surface area contributed by atoms with Crippen molar-refractivity contribution in [2.75, 3.05) is 6.61 Å². The molecule has 0 aromatic heterocycles. The van der Waals surface area contributed by atoms with Gasteiger partial charge in [-0.05, 0) is 25.7 Å². The zero-order valence-corrected chi connectivity index (χ0v) is 7.13. The van der Waals surface area contributed by atoms with E-state index in [9.17, 15) is 0 Å². The van der Waals surface area contributed by atoms with Gasteiger partial charge in [0, 0.05) is 0 Å². The fourth-order valence-corrected chi connectivity index (χ4v) is 0.920. The molecule has 0 saturated carbocycles. The summed E-state index contributed by atoms with van der Waals surface area (Å²) in [5.74, 6) is 0. The molecule has 11 heavy (non-hydrogen) atoms. The highest BCUT2D eigenvalue weighted by Crippen LogP contribution is 2.03. The van der Waals surface area contributed by atoms with Crippen molar-refractivity contribution in [1.82, 2.24) is 0 Å². The summed E-state index contributed by atoms with van der Waals surface area (Å²) >= 11 is 0. The first-order valence-corrected chi connectivity index (χ1v) is 4.28. The van der Waals surface area contributed by atoms with E-state index in [1.807, 2.05) is 12.2 Å². The number of rotatable bonds is 7. The van der Waals surface area contributed by atoms with Crippen LogP contribution in [0.1, 0.15) is 32.1 Å². The van der Waals surface area contributed by atoms with Gasteiger partial charge in [0.2, 0.25) is 0 Å². The van der Waals surface area contributed by atoms with E-state index in [0.717, 1.165) is 12.8 Å². The standard InChI is InChI=1S/C10H18O/c1-2-3-4-5-6-7-8-9-10-11/h2,8-9,11H,1,3-7,10H2/b9-8+. The smallest absolute Gasteiger partial charge is 0.0612 e. The Kier molecular flexibility index (Phi) is 8.96. The minimum absolute atomic E-state index is 0.173. The first-order chi connectivity index (χ1) is 5.41. The molecule has 64 valence electrons. The average Bonchev–Trinajstić information content (AvgIpc) is 2.03. The molecule has 0 unspecified atom stereocenters. The summed E-state index contributed by atoms with van der Waals surface area (Å²) in [6.07, 6.45) is 11.8. The molecule has 0 aliphatic rings. The second-order valence-electron chi connectivity index (χ2n) is 2.58. The molecule has 1 heteroatoms. The van der Waals surface area contributed by atoms with E-state index < -0.39 is 0 Å². The van der Waals surface area contributed by atoms with E-state index in [1.54, 1.807) is 6.08 Å². The van der Waals surface area contributed by atoms with Crippen LogP contribution in [0.4, 0.5) is 0 Å². The van der Waals surface area contributed by atoms with Crippen LogP contribution >= 0.6 is 0 Å². The molecular formula is C10H18O. The maximum Gasteiger partial charge on any atom is 0.0612 e. The van der Waals surface area contributed by atoms with Crippen molar-refractivity contribution >= 4 is 0 Å². The van der Waals surface area contributed by atoms with Gasteiger partial charge in [0.1, 0.15) is 0 Å². The van der Waals surface area contributed by atoms with E-state index in [0.29, 0.717) is 0 Å². The average molecular weight is 154 g/mol. The molecule has 1 nitrogen and oxygen atoms in total. The quantitative estimate of drug-likeness (QED) is 0.441. The molecule has 0 radical (unpaired) electrons. The topological polar surface area (TPSA) is 20.2 Å². The Hall–Kier alpha value is -0.560. The van der Waals surface area contributed by atoms with Crippen LogP contribution in [0.25, 0.3) is 0 Å². The number of hydrogen-bond acceptors (Lipinski definition) is 1. The maximum absolute atomic E-state index is 8.41. The highest BCUT2D eigenvalue weighted by atomic mass is 16.2. The normalized spacial score (nSPS) is 10.6. The molecule has 0 atom stereocenters. The first-order valence-electron chi connectivity index (χ1n) is 4.28. The minimum Gasteiger partial charge on any atom is -0.392 e. The van der Waals surface area contributed by atoms with Crippen LogP contribution in [-0.2, 0) is 0 Å². The van der Waals surface area contributed by atoms with E-state index >= 15 is 0 Å². The van der Waals surface area contributed by atoms with Crippen molar-refractivity contribution in [3.63, 3.8) is 0 Å². The SMILES string of the molecule is C=CCCCCC/C=C/CO. The molecule has 0 amide bonds. The van der Waals surface area contributed by atoms with Crippen molar-refractivity contribution in [3.05, 3.63) is 24.8 Å². The van der Waals surface area contributed by atoms with Gasteiger partial charge >= 0.3 is 0 Å². The summed E-state index contributed by atoms with van der Waals surface area (Å²) in [6, 6.07) is 0. The summed E-state index contributed by atoms with van der Waals surface area (Å²) in [6.45, 7) is 3.83. The molecule has 0 rings (SSSR count). The van der Waals surface area contributed by atoms with Crippen molar-refractivity contribution < 1.29 is 5.11 Å². The molecule has 0 fully saturated rings. The lowest BCUT2D eigenvalue weighted by Gasteiger charge is -1.93.